The second kappa shape index (κ2) is 5.79. The maximum absolute atomic E-state index is 12.1. The molecule has 0 spiro atoms. The number of halogens is 3. The molecule has 9 heteroatoms. The molecule has 0 radical (unpaired) electrons. The van der Waals surface area contributed by atoms with E-state index in [2.05, 4.69) is 0 Å². The number of rotatable bonds is 4. The van der Waals surface area contributed by atoms with Gasteiger partial charge >= 0.3 is 12.1 Å². The topological polar surface area (TPSA) is 88.1 Å². The van der Waals surface area contributed by atoms with E-state index in [1.165, 1.54) is 0 Å². The Morgan fingerprint density at radius 2 is 2.21 bits per heavy atom. The highest BCUT2D eigenvalue weighted by Gasteiger charge is 2.30. The summed E-state index contributed by atoms with van der Waals surface area (Å²) in [4.78, 5) is 11.6. The Balaban J connectivity index is 3.09. The van der Waals surface area contributed by atoms with Gasteiger partial charge in [0.1, 0.15) is 28.1 Å². The van der Waals surface area contributed by atoms with Gasteiger partial charge in [0.15, 0.2) is 0 Å². The number of nitriles is 1. The zero-order chi connectivity index (χ0) is 14.6. The number of hydrogen-bond donors (Lipinski definition) is 2. The number of esters is 1. The van der Waals surface area contributed by atoms with Gasteiger partial charge in [-0.05, 0) is 6.92 Å². The maximum atomic E-state index is 12.1. The van der Waals surface area contributed by atoms with Crippen molar-refractivity contribution in [1.82, 2.24) is 0 Å². The third-order valence-corrected chi connectivity index (χ3v) is 3.04. The van der Waals surface area contributed by atoms with Crippen LogP contribution in [0, 0.1) is 11.3 Å². The molecule has 0 amide bonds. The highest BCUT2D eigenvalue weighted by Crippen LogP contribution is 2.36. The fourth-order valence-corrected chi connectivity index (χ4v) is 2.14. The van der Waals surface area contributed by atoms with Crippen LogP contribution in [0.25, 0.3) is 0 Å². The number of thiophene rings is 1. The molecule has 3 N–H and O–H groups in total. The zero-order valence-corrected chi connectivity index (χ0v) is 10.6. The molecule has 5 nitrogen and oxygen atoms in total. The normalized spacial score (nSPS) is 10.9. The average Bonchev–Trinajstić information content (AvgIpc) is 2.62. The maximum Gasteiger partial charge on any atom is 0.405 e. The second-order valence-electron chi connectivity index (χ2n) is 3.35. The third kappa shape index (κ3) is 3.75. The van der Waals surface area contributed by atoms with Crippen molar-refractivity contribution in [2.45, 2.75) is 13.1 Å². The van der Waals surface area contributed by atoms with Crippen LogP contribution >= 0.6 is 11.3 Å². The summed E-state index contributed by atoms with van der Waals surface area (Å²) in [7, 11) is 0. The van der Waals surface area contributed by atoms with E-state index < -0.39 is 18.7 Å². The Labute approximate surface area is 110 Å². The van der Waals surface area contributed by atoms with Crippen molar-refractivity contribution in [3.05, 3.63) is 10.4 Å². The molecule has 0 saturated carbocycles. The van der Waals surface area contributed by atoms with Crippen LogP contribution in [0.5, 0.6) is 0 Å². The van der Waals surface area contributed by atoms with Crippen molar-refractivity contribution in [3.63, 3.8) is 0 Å². The van der Waals surface area contributed by atoms with Gasteiger partial charge in [0.2, 0.25) is 0 Å². The minimum Gasteiger partial charge on any atom is -0.462 e. The number of carbonyl (C=O) groups is 1. The standard InChI is InChI=1S/C10H10F3N3O2S/c1-2-18-9(17)6-7(15)5(3-14)19-8(6)16-4-10(11,12)13/h16H,2,4,15H2,1H3. The van der Waals surface area contributed by atoms with Gasteiger partial charge in [-0.2, -0.15) is 18.4 Å². The first-order valence-corrected chi connectivity index (χ1v) is 5.92. The molecule has 0 saturated heterocycles. The molecule has 1 heterocycles. The molecule has 0 aromatic carbocycles. The molecule has 1 aromatic rings. The van der Waals surface area contributed by atoms with E-state index in [4.69, 9.17) is 15.7 Å². The molecule has 0 aliphatic carbocycles. The predicted octanol–water partition coefficient (Wildman–Crippen LogP) is 2.35. The van der Waals surface area contributed by atoms with Crippen molar-refractivity contribution < 1.29 is 22.7 Å². The fraction of sp³-hybridized carbons (Fsp3) is 0.400. The molecule has 104 valence electrons. The number of nitrogen functional groups attached to an aromatic ring is 1. The number of ether oxygens (including phenoxy) is 1. The van der Waals surface area contributed by atoms with Gasteiger partial charge in [-0.3, -0.25) is 0 Å². The summed E-state index contributed by atoms with van der Waals surface area (Å²) < 4.78 is 41.1. The first kappa shape index (κ1) is 15.1. The van der Waals surface area contributed by atoms with Gasteiger partial charge < -0.3 is 15.8 Å². The number of nitrogens with two attached hydrogens (primary N) is 1. The molecule has 0 bridgehead atoms. The molecule has 1 aromatic heterocycles. The van der Waals surface area contributed by atoms with E-state index in [-0.39, 0.29) is 27.7 Å². The van der Waals surface area contributed by atoms with Gasteiger partial charge in [0.05, 0.1) is 12.3 Å². The molecular weight excluding hydrogens is 283 g/mol. The Bertz CT molecular complexity index is 519. The van der Waals surface area contributed by atoms with E-state index in [0.717, 1.165) is 0 Å². The third-order valence-electron chi connectivity index (χ3n) is 1.98. The van der Waals surface area contributed by atoms with Crippen LogP contribution in [-0.2, 0) is 4.74 Å². The molecule has 0 aliphatic rings. The summed E-state index contributed by atoms with van der Waals surface area (Å²) in [5.74, 6) is -0.859. The van der Waals surface area contributed by atoms with Crippen molar-refractivity contribution in [1.29, 1.82) is 5.26 Å². The highest BCUT2D eigenvalue weighted by molar-refractivity contribution is 7.17. The van der Waals surface area contributed by atoms with E-state index >= 15 is 0 Å². The minimum absolute atomic E-state index is 0.0345. The first-order valence-electron chi connectivity index (χ1n) is 5.10. The Morgan fingerprint density at radius 3 is 2.68 bits per heavy atom. The first-order chi connectivity index (χ1) is 8.80. The molecule has 19 heavy (non-hydrogen) atoms. The monoisotopic (exact) mass is 293 g/mol. The fourth-order valence-electron chi connectivity index (χ4n) is 1.24. The van der Waals surface area contributed by atoms with Gasteiger partial charge in [-0.15, -0.1) is 11.3 Å². The molecule has 0 unspecified atom stereocenters. The Morgan fingerprint density at radius 1 is 1.58 bits per heavy atom. The second-order valence-corrected chi connectivity index (χ2v) is 4.37. The summed E-state index contributed by atoms with van der Waals surface area (Å²) in [5, 5.41) is 10.7. The van der Waals surface area contributed by atoms with Crippen LogP contribution in [0.3, 0.4) is 0 Å². The van der Waals surface area contributed by atoms with E-state index in [1.54, 1.807) is 13.0 Å². The molecule has 0 fully saturated rings. The average molecular weight is 293 g/mol. The van der Waals surface area contributed by atoms with Crippen molar-refractivity contribution in [2.24, 2.45) is 0 Å². The summed E-state index contributed by atoms with van der Waals surface area (Å²) in [6, 6.07) is 1.71. The summed E-state index contributed by atoms with van der Waals surface area (Å²) in [6.07, 6.45) is -4.45. The number of anilines is 2. The van der Waals surface area contributed by atoms with Crippen LogP contribution in [0.1, 0.15) is 22.2 Å². The van der Waals surface area contributed by atoms with Crippen LogP contribution < -0.4 is 11.1 Å². The zero-order valence-electron chi connectivity index (χ0n) is 9.80. The number of alkyl halides is 3. The van der Waals surface area contributed by atoms with Crippen LogP contribution in [0.4, 0.5) is 23.9 Å². The Hall–Kier alpha value is -1.95. The smallest absolute Gasteiger partial charge is 0.405 e. The minimum atomic E-state index is -4.45. The van der Waals surface area contributed by atoms with E-state index in [0.29, 0.717) is 11.3 Å². The highest BCUT2D eigenvalue weighted by atomic mass is 32.1. The van der Waals surface area contributed by atoms with Crippen LogP contribution in [0.15, 0.2) is 0 Å². The Kier molecular flexibility index (Phi) is 4.61. The van der Waals surface area contributed by atoms with Crippen LogP contribution in [0.2, 0.25) is 0 Å². The molecule has 1 rings (SSSR count). The van der Waals surface area contributed by atoms with Crippen molar-refractivity contribution >= 4 is 28.0 Å². The summed E-state index contributed by atoms with van der Waals surface area (Å²) in [5.41, 5.74) is 5.15. The number of nitrogens with one attached hydrogen (secondary N) is 1. The van der Waals surface area contributed by atoms with Gasteiger partial charge in [-0.1, -0.05) is 0 Å². The van der Waals surface area contributed by atoms with E-state index in [1.807, 2.05) is 5.32 Å². The SMILES string of the molecule is CCOC(=O)c1c(NCC(F)(F)F)sc(C#N)c1N. The quantitative estimate of drug-likeness (QED) is 0.832. The lowest BCUT2D eigenvalue weighted by molar-refractivity contribution is -0.115. The number of carbonyl (C=O) groups excluding carboxylic acids is 1. The summed E-state index contributed by atoms with van der Waals surface area (Å²) in [6.45, 7) is 0.271. The largest absolute Gasteiger partial charge is 0.462 e. The summed E-state index contributed by atoms with van der Waals surface area (Å²) >= 11 is 0.683. The van der Waals surface area contributed by atoms with Crippen molar-refractivity contribution in [3.8, 4) is 6.07 Å². The molecule has 0 atom stereocenters. The lowest BCUT2D eigenvalue weighted by atomic mass is 10.2. The van der Waals surface area contributed by atoms with Gasteiger partial charge in [0, 0.05) is 0 Å². The lowest BCUT2D eigenvalue weighted by Gasteiger charge is -2.09. The van der Waals surface area contributed by atoms with Gasteiger partial charge in [-0.25, -0.2) is 4.79 Å². The number of nitrogens with zero attached hydrogens (tertiary/aromatic N) is 1. The van der Waals surface area contributed by atoms with Crippen molar-refractivity contribution in [2.75, 3.05) is 24.2 Å². The van der Waals surface area contributed by atoms with Gasteiger partial charge in [0.25, 0.3) is 0 Å². The predicted molar refractivity (Wildman–Crippen MR) is 63.9 cm³/mol. The van der Waals surface area contributed by atoms with Crippen LogP contribution in [-0.4, -0.2) is 25.3 Å². The number of hydrogen-bond acceptors (Lipinski definition) is 6. The molecule has 0 aliphatic heterocycles. The lowest BCUT2D eigenvalue weighted by Crippen LogP contribution is -2.22. The van der Waals surface area contributed by atoms with E-state index in [9.17, 15) is 18.0 Å². The molecular formula is C10H10F3N3O2S.